The quantitative estimate of drug-likeness (QED) is 0.621. The highest BCUT2D eigenvalue weighted by Crippen LogP contribution is 2.16. The van der Waals surface area contributed by atoms with Gasteiger partial charge in [-0.25, -0.2) is 9.98 Å². The standard InChI is InChI=1S/C9H10BrN3O/c10-7-1-3-8(4-2-7)13-9(5-14)12-6-11/h1-4,6,14H,5H2,(H2,11,12,13). The zero-order valence-electron chi connectivity index (χ0n) is 7.39. The fourth-order valence-corrected chi connectivity index (χ4v) is 1.12. The van der Waals surface area contributed by atoms with Gasteiger partial charge in [-0.05, 0) is 24.3 Å². The molecule has 0 bridgehead atoms. The Morgan fingerprint density at radius 3 is 2.57 bits per heavy atom. The van der Waals surface area contributed by atoms with Crippen molar-refractivity contribution in [3.05, 3.63) is 28.7 Å². The van der Waals surface area contributed by atoms with E-state index in [2.05, 4.69) is 25.9 Å². The lowest BCUT2D eigenvalue weighted by Gasteiger charge is -1.96. The molecule has 5 heteroatoms. The van der Waals surface area contributed by atoms with Gasteiger partial charge in [0.15, 0.2) is 5.84 Å². The van der Waals surface area contributed by atoms with Gasteiger partial charge in [-0.1, -0.05) is 15.9 Å². The second-order valence-corrected chi connectivity index (χ2v) is 3.36. The van der Waals surface area contributed by atoms with E-state index in [9.17, 15) is 0 Å². The van der Waals surface area contributed by atoms with E-state index in [0.29, 0.717) is 0 Å². The van der Waals surface area contributed by atoms with E-state index in [-0.39, 0.29) is 12.4 Å². The summed E-state index contributed by atoms with van der Waals surface area (Å²) in [6.45, 7) is -0.232. The Bertz CT molecular complexity index is 346. The van der Waals surface area contributed by atoms with Gasteiger partial charge in [0.05, 0.1) is 12.0 Å². The summed E-state index contributed by atoms with van der Waals surface area (Å²) < 4.78 is 0.976. The van der Waals surface area contributed by atoms with Gasteiger partial charge in [0.2, 0.25) is 0 Å². The molecule has 1 aromatic rings. The first kappa shape index (κ1) is 10.9. The Balaban J connectivity index is 2.89. The minimum atomic E-state index is -0.232. The summed E-state index contributed by atoms with van der Waals surface area (Å²) in [5.41, 5.74) is 5.82. The number of aliphatic hydroxyl groups excluding tert-OH is 1. The number of hydrogen-bond donors (Lipinski definition) is 2. The van der Waals surface area contributed by atoms with Crippen LogP contribution in [0.1, 0.15) is 0 Å². The highest BCUT2D eigenvalue weighted by Gasteiger charge is 1.94. The van der Waals surface area contributed by atoms with Crippen molar-refractivity contribution in [1.82, 2.24) is 0 Å². The molecule has 4 nitrogen and oxygen atoms in total. The predicted molar refractivity (Wildman–Crippen MR) is 61.0 cm³/mol. The molecule has 0 aromatic heterocycles. The number of halogens is 1. The molecule has 1 aromatic carbocycles. The van der Waals surface area contributed by atoms with Gasteiger partial charge in [-0.2, -0.15) is 0 Å². The van der Waals surface area contributed by atoms with Crippen molar-refractivity contribution in [3.63, 3.8) is 0 Å². The van der Waals surface area contributed by atoms with Crippen LogP contribution in [-0.4, -0.2) is 23.9 Å². The molecular weight excluding hydrogens is 246 g/mol. The van der Waals surface area contributed by atoms with Gasteiger partial charge in [0.1, 0.15) is 6.61 Å². The Morgan fingerprint density at radius 2 is 2.07 bits per heavy atom. The monoisotopic (exact) mass is 255 g/mol. The third-order valence-corrected chi connectivity index (χ3v) is 1.98. The smallest absolute Gasteiger partial charge is 0.156 e. The fraction of sp³-hybridized carbons (Fsp3) is 0.111. The molecule has 0 saturated heterocycles. The molecule has 0 unspecified atom stereocenters. The van der Waals surface area contributed by atoms with Crippen LogP contribution in [0.5, 0.6) is 0 Å². The van der Waals surface area contributed by atoms with E-state index in [1.807, 2.05) is 24.3 Å². The van der Waals surface area contributed by atoms with Gasteiger partial charge in [0, 0.05) is 4.47 Å². The summed E-state index contributed by atoms with van der Waals surface area (Å²) in [5.74, 6) is 0.287. The normalized spacial score (nSPS) is 12.3. The lowest BCUT2D eigenvalue weighted by Crippen LogP contribution is -2.03. The van der Waals surface area contributed by atoms with Crippen molar-refractivity contribution in [2.24, 2.45) is 15.7 Å². The molecule has 0 aliphatic heterocycles. The molecule has 0 saturated carbocycles. The van der Waals surface area contributed by atoms with E-state index in [1.165, 1.54) is 0 Å². The number of amidine groups is 1. The summed E-state index contributed by atoms with van der Waals surface area (Å²) in [4.78, 5) is 7.78. The average Bonchev–Trinajstić information content (AvgIpc) is 2.20. The summed E-state index contributed by atoms with van der Waals surface area (Å²) in [5, 5.41) is 8.86. The number of benzene rings is 1. The second kappa shape index (κ2) is 5.51. The zero-order chi connectivity index (χ0) is 10.4. The highest BCUT2D eigenvalue weighted by atomic mass is 79.9. The van der Waals surface area contributed by atoms with Gasteiger partial charge < -0.3 is 10.8 Å². The van der Waals surface area contributed by atoms with Crippen molar-refractivity contribution >= 4 is 33.8 Å². The molecule has 0 radical (unpaired) electrons. The maximum absolute atomic E-state index is 8.86. The van der Waals surface area contributed by atoms with E-state index in [1.54, 1.807) is 0 Å². The molecular formula is C9H10BrN3O. The first-order valence-corrected chi connectivity index (χ1v) is 4.74. The SMILES string of the molecule is NC=NC(CO)=Nc1ccc(Br)cc1. The Hall–Kier alpha value is -1.20. The third kappa shape index (κ3) is 3.27. The van der Waals surface area contributed by atoms with Gasteiger partial charge in [-0.15, -0.1) is 0 Å². The summed E-state index contributed by atoms with van der Waals surface area (Å²) >= 11 is 3.31. The van der Waals surface area contributed by atoms with Crippen LogP contribution in [-0.2, 0) is 0 Å². The molecule has 3 N–H and O–H groups in total. The van der Waals surface area contributed by atoms with Crippen molar-refractivity contribution in [2.45, 2.75) is 0 Å². The molecule has 74 valence electrons. The molecule has 0 spiro atoms. The number of nitrogens with two attached hydrogens (primary N) is 1. The van der Waals surface area contributed by atoms with Gasteiger partial charge in [-0.3, -0.25) is 0 Å². The fourth-order valence-electron chi connectivity index (χ4n) is 0.856. The van der Waals surface area contributed by atoms with Gasteiger partial charge >= 0.3 is 0 Å². The molecule has 0 fully saturated rings. The van der Waals surface area contributed by atoms with Crippen LogP contribution in [0.15, 0.2) is 38.7 Å². The Labute approximate surface area is 90.3 Å². The summed E-state index contributed by atoms with van der Waals surface area (Å²) in [7, 11) is 0. The topological polar surface area (TPSA) is 71.0 Å². The number of aliphatic hydroxyl groups is 1. The molecule has 0 aliphatic carbocycles. The van der Waals surface area contributed by atoms with Gasteiger partial charge in [0.25, 0.3) is 0 Å². The highest BCUT2D eigenvalue weighted by molar-refractivity contribution is 9.10. The Morgan fingerprint density at radius 1 is 1.43 bits per heavy atom. The first-order valence-electron chi connectivity index (χ1n) is 3.94. The maximum atomic E-state index is 8.86. The van der Waals surface area contributed by atoms with Crippen molar-refractivity contribution in [3.8, 4) is 0 Å². The summed E-state index contributed by atoms with van der Waals surface area (Å²) in [6.07, 6.45) is 1.11. The maximum Gasteiger partial charge on any atom is 0.156 e. The molecule has 0 amide bonds. The van der Waals surface area contributed by atoms with Crippen molar-refractivity contribution in [2.75, 3.05) is 6.61 Å². The molecule has 0 heterocycles. The third-order valence-electron chi connectivity index (χ3n) is 1.45. The predicted octanol–water partition coefficient (Wildman–Crippen LogP) is 1.46. The number of hydrogen-bond acceptors (Lipinski definition) is 2. The van der Waals surface area contributed by atoms with Crippen LogP contribution in [0.25, 0.3) is 0 Å². The number of nitrogens with zero attached hydrogens (tertiary/aromatic N) is 2. The van der Waals surface area contributed by atoms with Crippen LogP contribution in [0.2, 0.25) is 0 Å². The summed E-state index contributed by atoms with van der Waals surface area (Å²) in [6, 6.07) is 7.34. The number of rotatable bonds is 2. The van der Waals surface area contributed by atoms with Crippen LogP contribution in [0, 0.1) is 0 Å². The van der Waals surface area contributed by atoms with Crippen molar-refractivity contribution in [1.29, 1.82) is 0 Å². The van der Waals surface area contributed by atoms with E-state index in [4.69, 9.17) is 10.8 Å². The molecule has 0 atom stereocenters. The molecule has 1 rings (SSSR count). The lowest BCUT2D eigenvalue weighted by atomic mass is 10.3. The van der Waals surface area contributed by atoms with Crippen LogP contribution in [0.3, 0.4) is 0 Å². The van der Waals surface area contributed by atoms with Crippen LogP contribution in [0.4, 0.5) is 5.69 Å². The molecule has 14 heavy (non-hydrogen) atoms. The first-order chi connectivity index (χ1) is 6.76. The largest absolute Gasteiger partial charge is 0.390 e. The minimum absolute atomic E-state index is 0.232. The second-order valence-electron chi connectivity index (χ2n) is 2.44. The van der Waals surface area contributed by atoms with E-state index >= 15 is 0 Å². The van der Waals surface area contributed by atoms with Crippen LogP contribution >= 0.6 is 15.9 Å². The van der Waals surface area contributed by atoms with E-state index in [0.717, 1.165) is 16.5 Å². The Kier molecular flexibility index (Phi) is 4.28. The molecule has 0 aliphatic rings. The lowest BCUT2D eigenvalue weighted by molar-refractivity contribution is 0.356. The number of aliphatic imine (C=N–C) groups is 2. The zero-order valence-corrected chi connectivity index (χ0v) is 8.98. The minimum Gasteiger partial charge on any atom is -0.390 e. The van der Waals surface area contributed by atoms with Crippen LogP contribution < -0.4 is 5.73 Å². The van der Waals surface area contributed by atoms with E-state index < -0.39 is 0 Å². The average molecular weight is 256 g/mol. The van der Waals surface area contributed by atoms with Crippen molar-refractivity contribution < 1.29 is 5.11 Å².